The fraction of sp³-hybridized carbons (Fsp3) is 0.0476. The number of benzene rings is 4. The molecule has 0 amide bonds. The summed E-state index contributed by atoms with van der Waals surface area (Å²) in [6.45, 7) is 0.659. The Kier molecular flexibility index (Phi) is 2.33. The predicted molar refractivity (Wildman–Crippen MR) is 93.5 cm³/mol. The third kappa shape index (κ3) is 1.54. The monoisotopic (exact) mass is 282 g/mol. The molecule has 1 aliphatic heterocycles. The second-order valence-corrected chi connectivity index (χ2v) is 5.74. The number of hydrogen-bond donors (Lipinski definition) is 0. The minimum atomic E-state index is 0.659. The summed E-state index contributed by atoms with van der Waals surface area (Å²) in [7, 11) is 0. The van der Waals surface area contributed by atoms with E-state index in [-0.39, 0.29) is 0 Å². The molecule has 0 radical (unpaired) electrons. The Morgan fingerprint density at radius 3 is 2.50 bits per heavy atom. The summed E-state index contributed by atoms with van der Waals surface area (Å²) >= 11 is 0. The Morgan fingerprint density at radius 2 is 1.50 bits per heavy atom. The maximum atomic E-state index is 5.78. The first-order valence-electron chi connectivity index (χ1n) is 7.58. The van der Waals surface area contributed by atoms with E-state index in [0.717, 1.165) is 5.75 Å². The van der Waals surface area contributed by atoms with Crippen LogP contribution >= 0.6 is 0 Å². The lowest BCUT2D eigenvalue weighted by atomic mass is 9.93. The Morgan fingerprint density at radius 1 is 0.682 bits per heavy atom. The van der Waals surface area contributed by atoms with E-state index in [4.69, 9.17) is 4.74 Å². The summed E-state index contributed by atoms with van der Waals surface area (Å²) in [4.78, 5) is 0. The van der Waals surface area contributed by atoms with Crippen LogP contribution < -0.4 is 4.74 Å². The highest BCUT2D eigenvalue weighted by molar-refractivity contribution is 6.19. The molecular formula is C21H14O. The lowest BCUT2D eigenvalue weighted by Gasteiger charge is -2.16. The second-order valence-electron chi connectivity index (χ2n) is 5.74. The fourth-order valence-corrected chi connectivity index (χ4v) is 3.52. The van der Waals surface area contributed by atoms with E-state index in [1.807, 2.05) is 0 Å². The first kappa shape index (κ1) is 11.8. The lowest BCUT2D eigenvalue weighted by molar-refractivity contribution is 0.359. The van der Waals surface area contributed by atoms with E-state index in [9.17, 15) is 0 Å². The van der Waals surface area contributed by atoms with Crippen molar-refractivity contribution in [2.75, 3.05) is 6.61 Å². The topological polar surface area (TPSA) is 9.23 Å². The molecule has 0 atom stereocenters. The number of ether oxygens (including phenoxy) is 1. The Bertz CT molecular complexity index is 1070. The number of rotatable bonds is 0. The number of hydrogen-bond acceptors (Lipinski definition) is 1. The van der Waals surface area contributed by atoms with Gasteiger partial charge in [-0.25, -0.2) is 0 Å². The molecule has 22 heavy (non-hydrogen) atoms. The molecule has 0 aromatic heterocycles. The van der Waals surface area contributed by atoms with Crippen molar-refractivity contribution in [2.45, 2.75) is 0 Å². The average molecular weight is 282 g/mol. The van der Waals surface area contributed by atoms with Gasteiger partial charge in [0.25, 0.3) is 0 Å². The highest BCUT2D eigenvalue weighted by Gasteiger charge is 2.13. The van der Waals surface area contributed by atoms with E-state index in [1.54, 1.807) is 0 Å². The standard InChI is InChI=1S/C21H14O/c1-2-5-16-14(4-1)7-11-18-17(16)10-8-15-9-12-20-19(21(15)18)6-3-13-22-20/h1-12H,13H2. The predicted octanol–water partition coefficient (Wildman–Crippen LogP) is 5.55. The molecule has 0 saturated carbocycles. The molecule has 1 nitrogen and oxygen atoms in total. The van der Waals surface area contributed by atoms with Gasteiger partial charge in [0.05, 0.1) is 0 Å². The molecule has 0 aliphatic carbocycles. The normalized spacial score (nSPS) is 13.5. The van der Waals surface area contributed by atoms with Crippen LogP contribution in [0.2, 0.25) is 0 Å². The largest absolute Gasteiger partial charge is 0.489 e. The molecule has 1 heterocycles. The van der Waals surface area contributed by atoms with Gasteiger partial charge in [0.2, 0.25) is 0 Å². The summed E-state index contributed by atoms with van der Waals surface area (Å²) < 4.78 is 5.78. The molecular weight excluding hydrogens is 268 g/mol. The third-order valence-electron chi connectivity index (χ3n) is 4.53. The van der Waals surface area contributed by atoms with E-state index < -0.39 is 0 Å². The van der Waals surface area contributed by atoms with Crippen molar-refractivity contribution in [3.63, 3.8) is 0 Å². The van der Waals surface area contributed by atoms with Crippen molar-refractivity contribution in [1.82, 2.24) is 0 Å². The highest BCUT2D eigenvalue weighted by Crippen LogP contribution is 2.38. The van der Waals surface area contributed by atoms with Crippen LogP contribution in [0.15, 0.2) is 66.7 Å². The van der Waals surface area contributed by atoms with Gasteiger partial charge in [0.15, 0.2) is 0 Å². The van der Waals surface area contributed by atoms with Crippen molar-refractivity contribution in [3.05, 3.63) is 72.3 Å². The van der Waals surface area contributed by atoms with Gasteiger partial charge < -0.3 is 4.74 Å². The maximum absolute atomic E-state index is 5.78. The van der Waals surface area contributed by atoms with Crippen molar-refractivity contribution in [1.29, 1.82) is 0 Å². The van der Waals surface area contributed by atoms with Crippen LogP contribution in [0.4, 0.5) is 0 Å². The molecule has 104 valence electrons. The van der Waals surface area contributed by atoms with Crippen LogP contribution in [-0.2, 0) is 0 Å². The summed E-state index contributed by atoms with van der Waals surface area (Å²) in [5, 5.41) is 7.74. The molecule has 0 saturated heterocycles. The van der Waals surface area contributed by atoms with E-state index >= 15 is 0 Å². The minimum absolute atomic E-state index is 0.659. The molecule has 0 spiro atoms. The summed E-state index contributed by atoms with van der Waals surface area (Å²) in [5.74, 6) is 0.982. The highest BCUT2D eigenvalue weighted by atomic mass is 16.5. The summed E-state index contributed by atoms with van der Waals surface area (Å²) in [6, 6.07) is 21.7. The third-order valence-corrected chi connectivity index (χ3v) is 4.53. The van der Waals surface area contributed by atoms with Gasteiger partial charge in [0.1, 0.15) is 12.4 Å². The quantitative estimate of drug-likeness (QED) is 0.384. The van der Waals surface area contributed by atoms with Gasteiger partial charge in [-0.15, -0.1) is 0 Å². The molecule has 0 fully saturated rings. The molecule has 0 N–H and O–H groups in total. The van der Waals surface area contributed by atoms with Crippen molar-refractivity contribution >= 4 is 38.4 Å². The average Bonchev–Trinajstić information content (AvgIpc) is 2.60. The van der Waals surface area contributed by atoms with E-state index in [2.05, 4.69) is 72.8 Å². The van der Waals surface area contributed by atoms with Gasteiger partial charge in [-0.05, 0) is 39.1 Å². The smallest absolute Gasteiger partial charge is 0.127 e. The van der Waals surface area contributed by atoms with Crippen LogP contribution in [0.25, 0.3) is 38.4 Å². The van der Waals surface area contributed by atoms with Crippen LogP contribution in [-0.4, -0.2) is 6.61 Å². The molecule has 0 unspecified atom stereocenters. The van der Waals surface area contributed by atoms with Gasteiger partial charge in [-0.2, -0.15) is 0 Å². The minimum Gasteiger partial charge on any atom is -0.489 e. The van der Waals surface area contributed by atoms with Crippen LogP contribution in [0.1, 0.15) is 5.56 Å². The molecule has 4 aromatic carbocycles. The van der Waals surface area contributed by atoms with Gasteiger partial charge in [-0.1, -0.05) is 60.7 Å². The van der Waals surface area contributed by atoms with Crippen LogP contribution in [0.3, 0.4) is 0 Å². The zero-order valence-corrected chi connectivity index (χ0v) is 12.0. The van der Waals surface area contributed by atoms with Crippen molar-refractivity contribution in [2.24, 2.45) is 0 Å². The van der Waals surface area contributed by atoms with Crippen LogP contribution in [0, 0.1) is 0 Å². The Hall–Kier alpha value is -2.80. The summed E-state index contributed by atoms with van der Waals surface area (Å²) in [5.41, 5.74) is 1.20. The van der Waals surface area contributed by atoms with E-state index in [1.165, 1.54) is 37.9 Å². The first-order valence-corrected chi connectivity index (χ1v) is 7.58. The van der Waals surface area contributed by atoms with Gasteiger partial charge in [-0.3, -0.25) is 0 Å². The second kappa shape index (κ2) is 4.35. The van der Waals surface area contributed by atoms with Crippen molar-refractivity contribution in [3.8, 4) is 5.75 Å². The van der Waals surface area contributed by atoms with E-state index in [0.29, 0.717) is 6.61 Å². The first-order chi connectivity index (χ1) is 10.9. The molecule has 1 heteroatoms. The molecule has 5 rings (SSSR count). The lowest BCUT2D eigenvalue weighted by Crippen LogP contribution is -2.00. The molecule has 1 aliphatic rings. The van der Waals surface area contributed by atoms with Gasteiger partial charge in [0, 0.05) is 10.9 Å². The zero-order valence-electron chi connectivity index (χ0n) is 12.0. The summed E-state index contributed by atoms with van der Waals surface area (Å²) in [6.07, 6.45) is 4.28. The Balaban J connectivity index is 2.04. The molecule has 0 bridgehead atoms. The van der Waals surface area contributed by atoms with Gasteiger partial charge >= 0.3 is 0 Å². The maximum Gasteiger partial charge on any atom is 0.127 e. The SMILES string of the molecule is C1=Cc2c(ccc3ccc4c5ccccc5ccc4c23)OC1. The molecule has 4 aromatic rings. The zero-order chi connectivity index (χ0) is 14.5. The Labute approximate surface area is 128 Å². The van der Waals surface area contributed by atoms with Crippen molar-refractivity contribution < 1.29 is 4.74 Å². The number of fused-ring (bicyclic) bond motifs is 7. The fourth-order valence-electron chi connectivity index (χ4n) is 3.52. The van der Waals surface area contributed by atoms with Crippen LogP contribution in [0.5, 0.6) is 5.75 Å².